The molecule has 0 aliphatic carbocycles. The Hall–Kier alpha value is -1.56. The molecule has 1 rings (SSSR count). The summed E-state index contributed by atoms with van der Waals surface area (Å²) in [5.74, 6) is -1.29. The topological polar surface area (TPSA) is 38.3 Å². The van der Waals surface area contributed by atoms with Crippen LogP contribution in [0.1, 0.15) is 24.8 Å². The highest BCUT2D eigenvalue weighted by Gasteiger charge is 2.32. The van der Waals surface area contributed by atoms with Crippen molar-refractivity contribution in [1.82, 2.24) is 5.48 Å². The Bertz CT molecular complexity index is 379. The Morgan fingerprint density at radius 1 is 1.33 bits per heavy atom. The minimum absolute atomic E-state index is 0.219. The van der Waals surface area contributed by atoms with Gasteiger partial charge in [-0.15, -0.1) is 0 Å². The van der Waals surface area contributed by atoms with Gasteiger partial charge >= 0.3 is 6.18 Å². The van der Waals surface area contributed by atoms with Gasteiger partial charge in [-0.25, -0.2) is 5.48 Å². The molecule has 1 aromatic rings. The lowest BCUT2D eigenvalue weighted by Gasteiger charge is -2.18. The van der Waals surface area contributed by atoms with Crippen LogP contribution in [0.25, 0.3) is 0 Å². The normalized spacial score (nSPS) is 13.1. The number of halogens is 3. The van der Waals surface area contributed by atoms with Gasteiger partial charge < -0.3 is 0 Å². The van der Waals surface area contributed by atoms with Crippen LogP contribution in [0.4, 0.5) is 13.2 Å². The summed E-state index contributed by atoms with van der Waals surface area (Å²) in [5.41, 5.74) is 2.55. The Morgan fingerprint density at radius 2 is 1.94 bits per heavy atom. The Balaban J connectivity index is 2.67. The maximum atomic E-state index is 12.4. The van der Waals surface area contributed by atoms with Gasteiger partial charge in [0, 0.05) is 12.8 Å². The number of hydroxylamine groups is 1. The van der Waals surface area contributed by atoms with E-state index in [2.05, 4.69) is 0 Å². The van der Waals surface area contributed by atoms with E-state index >= 15 is 0 Å². The van der Waals surface area contributed by atoms with Crippen LogP contribution in [0.3, 0.4) is 0 Å². The molecule has 0 saturated heterocycles. The van der Waals surface area contributed by atoms with Crippen LogP contribution in [0.15, 0.2) is 30.3 Å². The van der Waals surface area contributed by atoms with E-state index in [0.717, 1.165) is 0 Å². The minimum Gasteiger partial charge on any atom is -0.273 e. The van der Waals surface area contributed by atoms with Gasteiger partial charge in [-0.2, -0.15) is 13.2 Å². The fourth-order valence-electron chi connectivity index (χ4n) is 1.52. The molecule has 0 saturated carbocycles. The third-order valence-electron chi connectivity index (χ3n) is 2.25. The highest BCUT2D eigenvalue weighted by molar-refractivity contribution is 5.71. The maximum Gasteiger partial charge on any atom is 0.389 e. The number of hydrogen-bond acceptors (Lipinski definition) is 2. The SMILES string of the molecule is CC(=O)NOC[C@H](CC(F)(F)F)c1ccccc1. The van der Waals surface area contributed by atoms with Crippen molar-refractivity contribution in [2.75, 3.05) is 6.61 Å². The van der Waals surface area contributed by atoms with E-state index in [9.17, 15) is 18.0 Å². The van der Waals surface area contributed by atoms with Gasteiger partial charge in [0.25, 0.3) is 0 Å². The van der Waals surface area contributed by atoms with E-state index in [-0.39, 0.29) is 6.61 Å². The number of carbonyl (C=O) groups is 1. The highest BCUT2D eigenvalue weighted by atomic mass is 19.4. The number of carbonyl (C=O) groups excluding carboxylic acids is 1. The first-order chi connectivity index (χ1) is 8.38. The van der Waals surface area contributed by atoms with Crippen LogP contribution >= 0.6 is 0 Å². The van der Waals surface area contributed by atoms with Crippen molar-refractivity contribution in [2.24, 2.45) is 0 Å². The smallest absolute Gasteiger partial charge is 0.273 e. The summed E-state index contributed by atoms with van der Waals surface area (Å²) in [4.78, 5) is 15.3. The van der Waals surface area contributed by atoms with Crippen LogP contribution < -0.4 is 5.48 Å². The molecule has 6 heteroatoms. The van der Waals surface area contributed by atoms with E-state index in [4.69, 9.17) is 4.84 Å². The summed E-state index contributed by atoms with van der Waals surface area (Å²) in [5, 5.41) is 0. The van der Waals surface area contributed by atoms with Gasteiger partial charge in [0.2, 0.25) is 5.91 Å². The average Bonchev–Trinajstić information content (AvgIpc) is 2.27. The molecular weight excluding hydrogens is 247 g/mol. The maximum absolute atomic E-state index is 12.4. The van der Waals surface area contributed by atoms with Gasteiger partial charge in [-0.1, -0.05) is 30.3 Å². The first-order valence-corrected chi connectivity index (χ1v) is 5.38. The molecule has 0 spiro atoms. The van der Waals surface area contributed by atoms with Crippen LogP contribution in [0, 0.1) is 0 Å². The largest absolute Gasteiger partial charge is 0.389 e. The molecule has 3 nitrogen and oxygen atoms in total. The molecule has 0 fully saturated rings. The molecule has 1 atom stereocenters. The second kappa shape index (κ2) is 6.39. The minimum atomic E-state index is -4.28. The summed E-state index contributed by atoms with van der Waals surface area (Å²) in [7, 11) is 0. The zero-order valence-electron chi connectivity index (χ0n) is 9.83. The molecule has 18 heavy (non-hydrogen) atoms. The Morgan fingerprint density at radius 3 is 2.44 bits per heavy atom. The first kappa shape index (κ1) is 14.5. The number of nitrogens with one attached hydrogen (secondary N) is 1. The van der Waals surface area contributed by atoms with E-state index < -0.39 is 24.4 Å². The van der Waals surface area contributed by atoms with Gasteiger partial charge in [0.05, 0.1) is 13.0 Å². The Labute approximate surface area is 103 Å². The van der Waals surface area contributed by atoms with Crippen LogP contribution in [-0.4, -0.2) is 18.7 Å². The second-order valence-electron chi connectivity index (χ2n) is 3.90. The van der Waals surface area contributed by atoms with Crippen LogP contribution in [0.5, 0.6) is 0 Å². The Kier molecular flexibility index (Phi) is 5.15. The number of rotatable bonds is 5. The lowest BCUT2D eigenvalue weighted by Crippen LogP contribution is -2.25. The average molecular weight is 261 g/mol. The standard InChI is InChI=1S/C12H14F3NO2/c1-9(17)16-18-8-11(7-12(13,14)15)10-5-3-2-4-6-10/h2-6,11H,7-8H2,1H3,(H,16,17)/t11-/m0/s1. The third kappa shape index (κ3) is 5.67. The molecule has 0 unspecified atom stereocenters. The van der Waals surface area contributed by atoms with Crippen molar-refractivity contribution < 1.29 is 22.8 Å². The molecule has 0 aliphatic heterocycles. The van der Waals surface area contributed by atoms with Crippen molar-refractivity contribution in [3.05, 3.63) is 35.9 Å². The summed E-state index contributed by atoms with van der Waals surface area (Å²) < 4.78 is 37.3. The zero-order valence-corrected chi connectivity index (χ0v) is 9.83. The number of amides is 1. The lowest BCUT2D eigenvalue weighted by atomic mass is 9.96. The molecule has 0 heterocycles. The summed E-state index contributed by atoms with van der Waals surface area (Å²) >= 11 is 0. The van der Waals surface area contributed by atoms with Crippen molar-refractivity contribution >= 4 is 5.91 Å². The summed E-state index contributed by atoms with van der Waals surface area (Å²) in [6.07, 6.45) is -5.27. The molecule has 0 aliphatic rings. The molecule has 1 amide bonds. The molecule has 0 bridgehead atoms. The molecular formula is C12H14F3NO2. The summed E-state index contributed by atoms with van der Waals surface area (Å²) in [6.45, 7) is 1.00. The van der Waals surface area contributed by atoms with Gasteiger partial charge in [-0.3, -0.25) is 9.63 Å². The highest BCUT2D eigenvalue weighted by Crippen LogP contribution is 2.31. The lowest BCUT2D eigenvalue weighted by molar-refractivity contribution is -0.146. The second-order valence-corrected chi connectivity index (χ2v) is 3.90. The monoisotopic (exact) mass is 261 g/mol. The fourth-order valence-corrected chi connectivity index (χ4v) is 1.52. The predicted molar refractivity (Wildman–Crippen MR) is 59.6 cm³/mol. The van der Waals surface area contributed by atoms with Crippen molar-refractivity contribution in [1.29, 1.82) is 0 Å². The number of alkyl halides is 3. The van der Waals surface area contributed by atoms with E-state index in [1.165, 1.54) is 6.92 Å². The van der Waals surface area contributed by atoms with Gasteiger partial charge in [0.15, 0.2) is 0 Å². The molecule has 0 aromatic heterocycles. The van der Waals surface area contributed by atoms with Crippen LogP contribution in [0.2, 0.25) is 0 Å². The van der Waals surface area contributed by atoms with Crippen molar-refractivity contribution in [3.63, 3.8) is 0 Å². The fraction of sp³-hybridized carbons (Fsp3) is 0.417. The third-order valence-corrected chi connectivity index (χ3v) is 2.25. The molecule has 1 aromatic carbocycles. The van der Waals surface area contributed by atoms with Gasteiger partial charge in [0.1, 0.15) is 0 Å². The van der Waals surface area contributed by atoms with E-state index in [0.29, 0.717) is 5.56 Å². The zero-order chi connectivity index (χ0) is 13.6. The number of hydrogen-bond donors (Lipinski definition) is 1. The first-order valence-electron chi connectivity index (χ1n) is 5.38. The predicted octanol–water partition coefficient (Wildman–Crippen LogP) is 2.79. The van der Waals surface area contributed by atoms with Crippen LogP contribution in [-0.2, 0) is 9.63 Å². The molecule has 100 valence electrons. The molecule has 1 N–H and O–H groups in total. The van der Waals surface area contributed by atoms with Crippen molar-refractivity contribution in [3.8, 4) is 0 Å². The quantitative estimate of drug-likeness (QED) is 0.828. The number of benzene rings is 1. The van der Waals surface area contributed by atoms with E-state index in [1.54, 1.807) is 30.3 Å². The van der Waals surface area contributed by atoms with Gasteiger partial charge in [-0.05, 0) is 5.56 Å². The van der Waals surface area contributed by atoms with E-state index in [1.807, 2.05) is 5.48 Å². The summed E-state index contributed by atoms with van der Waals surface area (Å²) in [6, 6.07) is 8.26. The van der Waals surface area contributed by atoms with Crippen molar-refractivity contribution in [2.45, 2.75) is 25.4 Å². The molecule has 0 radical (unpaired) electrons.